The number of hydrogen-bond donors (Lipinski definition) is 3. The van der Waals surface area contributed by atoms with E-state index in [2.05, 4.69) is 10.6 Å². The summed E-state index contributed by atoms with van der Waals surface area (Å²) in [6, 6.07) is 7.08. The molecule has 1 aliphatic heterocycles. The minimum Gasteiger partial charge on any atom is -0.352 e. The molecule has 0 aromatic heterocycles. The van der Waals surface area contributed by atoms with E-state index in [1.54, 1.807) is 4.90 Å². The summed E-state index contributed by atoms with van der Waals surface area (Å²) in [7, 11) is 0. The Kier molecular flexibility index (Phi) is 4.57. The van der Waals surface area contributed by atoms with Crippen molar-refractivity contribution in [3.8, 4) is 0 Å². The van der Waals surface area contributed by atoms with Gasteiger partial charge in [-0.25, -0.2) is 4.79 Å². The molecule has 3 amide bonds. The summed E-state index contributed by atoms with van der Waals surface area (Å²) in [5.74, 6) is 2.63. The van der Waals surface area contributed by atoms with Gasteiger partial charge in [0.25, 0.3) is 0 Å². The van der Waals surface area contributed by atoms with Crippen molar-refractivity contribution < 1.29 is 9.59 Å². The molecule has 5 fully saturated rings. The lowest BCUT2D eigenvalue weighted by molar-refractivity contribution is -0.127. The molecule has 4 aliphatic carbocycles. The lowest BCUT2D eigenvalue weighted by Gasteiger charge is -2.60. The number of aryl methyl sites for hydroxylation is 1. The third-order valence-corrected chi connectivity index (χ3v) is 8.03. The van der Waals surface area contributed by atoms with Crippen LogP contribution in [0.1, 0.15) is 49.3 Å². The average molecular weight is 397 g/mol. The first-order valence-corrected chi connectivity index (χ1v) is 11.1. The highest BCUT2D eigenvalue weighted by molar-refractivity contribution is 5.89. The van der Waals surface area contributed by atoms with Crippen LogP contribution >= 0.6 is 0 Å². The van der Waals surface area contributed by atoms with Gasteiger partial charge in [0, 0.05) is 25.2 Å². The summed E-state index contributed by atoms with van der Waals surface area (Å²) >= 11 is 0. The van der Waals surface area contributed by atoms with E-state index < -0.39 is 6.04 Å². The largest absolute Gasteiger partial charge is 0.352 e. The van der Waals surface area contributed by atoms with Crippen molar-refractivity contribution in [3.05, 3.63) is 35.4 Å². The van der Waals surface area contributed by atoms with E-state index in [4.69, 9.17) is 5.73 Å². The molecule has 1 aromatic rings. The van der Waals surface area contributed by atoms with E-state index in [0.29, 0.717) is 31.5 Å². The van der Waals surface area contributed by atoms with Gasteiger partial charge < -0.3 is 21.3 Å². The molecule has 5 aliphatic rings. The van der Waals surface area contributed by atoms with Gasteiger partial charge >= 0.3 is 6.03 Å². The third-order valence-electron chi connectivity index (χ3n) is 8.03. The number of carbonyl (C=O) groups is 2. The van der Waals surface area contributed by atoms with Gasteiger partial charge in [0.1, 0.15) is 6.04 Å². The first-order chi connectivity index (χ1) is 13.9. The van der Waals surface area contributed by atoms with Crippen molar-refractivity contribution in [1.29, 1.82) is 0 Å². The fourth-order valence-electron chi connectivity index (χ4n) is 6.74. The predicted octanol–water partition coefficient (Wildman–Crippen LogP) is 2.33. The van der Waals surface area contributed by atoms with Gasteiger partial charge in [0.05, 0.1) is 0 Å². The summed E-state index contributed by atoms with van der Waals surface area (Å²) in [5.41, 5.74) is 8.59. The molecule has 4 bridgehead atoms. The monoisotopic (exact) mass is 396 g/mol. The lowest BCUT2D eigenvalue weighted by Crippen LogP contribution is -2.68. The van der Waals surface area contributed by atoms with Crippen molar-refractivity contribution in [3.63, 3.8) is 0 Å². The maximum Gasteiger partial charge on any atom is 0.318 e. The minimum absolute atomic E-state index is 0.117. The number of nitrogens with one attached hydrogen (secondary N) is 2. The van der Waals surface area contributed by atoms with Crippen molar-refractivity contribution >= 4 is 11.9 Å². The Balaban J connectivity index is 1.31. The highest BCUT2D eigenvalue weighted by Crippen LogP contribution is 2.57. The second-order valence-corrected chi connectivity index (χ2v) is 9.88. The standard InChI is InChI=1S/C23H32N4O2/c1-14-3-2-4-17(7-14)20-21(28)25-5-6-27(20)22(29)26-13-23(24)18-9-15-8-16(11-18)12-19(23)10-15/h2-4,7,15-16,18-20H,5-6,8-13,24H2,1H3,(H,25,28)(H,26,29). The number of hydrogen-bond acceptors (Lipinski definition) is 3. The number of benzene rings is 1. The molecule has 1 saturated heterocycles. The van der Waals surface area contributed by atoms with E-state index in [-0.39, 0.29) is 17.5 Å². The molecule has 6 heteroatoms. The van der Waals surface area contributed by atoms with Crippen LogP contribution in [0.5, 0.6) is 0 Å². The highest BCUT2D eigenvalue weighted by atomic mass is 16.2. The summed E-state index contributed by atoms with van der Waals surface area (Å²) in [4.78, 5) is 27.5. The van der Waals surface area contributed by atoms with Gasteiger partial charge in [-0.05, 0) is 68.3 Å². The molecule has 0 spiro atoms. The molecule has 1 heterocycles. The van der Waals surface area contributed by atoms with E-state index in [1.165, 1.54) is 32.1 Å². The molecule has 6 nitrogen and oxygen atoms in total. The Hall–Kier alpha value is -2.08. The van der Waals surface area contributed by atoms with Crippen LogP contribution in [0.4, 0.5) is 4.79 Å². The molecule has 29 heavy (non-hydrogen) atoms. The number of piperazine rings is 1. The average Bonchev–Trinajstić information content (AvgIpc) is 2.69. The maximum absolute atomic E-state index is 13.2. The van der Waals surface area contributed by atoms with Crippen LogP contribution in [0.15, 0.2) is 24.3 Å². The molecule has 1 unspecified atom stereocenters. The van der Waals surface area contributed by atoms with Crippen LogP contribution in [0, 0.1) is 30.6 Å². The van der Waals surface area contributed by atoms with Gasteiger partial charge in [-0.3, -0.25) is 4.79 Å². The summed E-state index contributed by atoms with van der Waals surface area (Å²) in [6.07, 6.45) is 6.26. The fourth-order valence-corrected chi connectivity index (χ4v) is 6.74. The molecular weight excluding hydrogens is 364 g/mol. The molecule has 1 atom stereocenters. The quantitative estimate of drug-likeness (QED) is 0.733. The highest BCUT2D eigenvalue weighted by Gasteiger charge is 2.55. The molecule has 0 radical (unpaired) electrons. The van der Waals surface area contributed by atoms with Crippen LogP contribution in [-0.2, 0) is 4.79 Å². The number of rotatable bonds is 3. The van der Waals surface area contributed by atoms with Gasteiger partial charge in [-0.1, -0.05) is 29.8 Å². The second-order valence-electron chi connectivity index (χ2n) is 9.88. The first-order valence-electron chi connectivity index (χ1n) is 11.1. The lowest BCUT2D eigenvalue weighted by atomic mass is 9.49. The zero-order valence-corrected chi connectivity index (χ0v) is 17.2. The normalized spacial score (nSPS) is 38.1. The van der Waals surface area contributed by atoms with Gasteiger partial charge in [-0.15, -0.1) is 0 Å². The van der Waals surface area contributed by atoms with Crippen molar-refractivity contribution in [1.82, 2.24) is 15.5 Å². The smallest absolute Gasteiger partial charge is 0.318 e. The maximum atomic E-state index is 13.2. The SMILES string of the molecule is Cc1cccc(C2C(=O)NCCN2C(=O)NCC2(N)C3CC4CC(C3)CC2C4)c1. The Morgan fingerprint density at radius 1 is 1.21 bits per heavy atom. The van der Waals surface area contributed by atoms with Gasteiger partial charge in [0.15, 0.2) is 0 Å². The van der Waals surface area contributed by atoms with Crippen LogP contribution < -0.4 is 16.4 Å². The van der Waals surface area contributed by atoms with E-state index in [1.807, 2.05) is 31.2 Å². The molecular formula is C23H32N4O2. The topological polar surface area (TPSA) is 87.5 Å². The summed E-state index contributed by atoms with van der Waals surface area (Å²) in [5, 5.41) is 6.04. The third kappa shape index (κ3) is 3.21. The number of nitrogens with zero attached hydrogens (tertiary/aromatic N) is 1. The van der Waals surface area contributed by atoms with E-state index in [0.717, 1.165) is 23.0 Å². The number of amides is 3. The molecule has 4 saturated carbocycles. The van der Waals surface area contributed by atoms with Crippen molar-refractivity contribution in [2.24, 2.45) is 29.4 Å². The van der Waals surface area contributed by atoms with Crippen molar-refractivity contribution in [2.75, 3.05) is 19.6 Å². The Labute approximate surface area is 172 Å². The zero-order chi connectivity index (χ0) is 20.2. The molecule has 156 valence electrons. The van der Waals surface area contributed by atoms with Gasteiger partial charge in [-0.2, -0.15) is 0 Å². The Morgan fingerprint density at radius 2 is 1.90 bits per heavy atom. The second kappa shape index (κ2) is 7.01. The Bertz CT molecular complexity index is 795. The number of carbonyl (C=O) groups excluding carboxylic acids is 2. The molecule has 4 N–H and O–H groups in total. The van der Waals surface area contributed by atoms with E-state index >= 15 is 0 Å². The fraction of sp³-hybridized carbons (Fsp3) is 0.652. The summed E-state index contributed by atoms with van der Waals surface area (Å²) in [6.45, 7) is 3.50. The number of nitrogens with two attached hydrogens (primary N) is 1. The Morgan fingerprint density at radius 3 is 2.55 bits per heavy atom. The van der Waals surface area contributed by atoms with Gasteiger partial charge in [0.2, 0.25) is 5.91 Å². The van der Waals surface area contributed by atoms with Crippen molar-refractivity contribution in [2.45, 2.75) is 50.6 Å². The molecule has 1 aromatic carbocycles. The van der Waals surface area contributed by atoms with Crippen LogP contribution in [0.2, 0.25) is 0 Å². The summed E-state index contributed by atoms with van der Waals surface area (Å²) < 4.78 is 0. The van der Waals surface area contributed by atoms with Crippen LogP contribution in [0.3, 0.4) is 0 Å². The first kappa shape index (κ1) is 18.9. The molecule has 6 rings (SSSR count). The predicted molar refractivity (Wildman–Crippen MR) is 111 cm³/mol. The van der Waals surface area contributed by atoms with Crippen LogP contribution in [-0.4, -0.2) is 42.0 Å². The minimum atomic E-state index is -0.587. The van der Waals surface area contributed by atoms with Crippen LogP contribution in [0.25, 0.3) is 0 Å². The van der Waals surface area contributed by atoms with E-state index in [9.17, 15) is 9.59 Å². The zero-order valence-electron chi connectivity index (χ0n) is 17.2. The number of urea groups is 1.